The number of hydrogen-bond donors (Lipinski definition) is 0. The number of carbonyl (C=O) groups excluding carboxylic acids is 1. The van der Waals surface area contributed by atoms with Gasteiger partial charge in [0.1, 0.15) is 5.82 Å². The van der Waals surface area contributed by atoms with Crippen LogP contribution in [0.2, 0.25) is 0 Å². The summed E-state index contributed by atoms with van der Waals surface area (Å²) in [6.45, 7) is 1.89. The Bertz CT molecular complexity index is 989. The summed E-state index contributed by atoms with van der Waals surface area (Å²) < 4.78 is 46.6. The Kier molecular flexibility index (Phi) is 5.78. The Morgan fingerprint density at radius 2 is 1.96 bits per heavy atom. The number of benzene rings is 2. The van der Waals surface area contributed by atoms with Crippen molar-refractivity contribution < 1.29 is 22.3 Å². The summed E-state index contributed by atoms with van der Waals surface area (Å²) in [6, 6.07) is 10.9. The molecule has 0 radical (unpaired) electrons. The van der Waals surface area contributed by atoms with E-state index in [0.717, 1.165) is 16.6 Å². The first kappa shape index (κ1) is 19.7. The van der Waals surface area contributed by atoms with Crippen LogP contribution in [0.4, 0.5) is 4.39 Å². The van der Waals surface area contributed by atoms with Gasteiger partial charge in [-0.3, -0.25) is 0 Å². The van der Waals surface area contributed by atoms with Crippen LogP contribution in [-0.2, 0) is 19.6 Å². The van der Waals surface area contributed by atoms with Gasteiger partial charge < -0.3 is 4.74 Å². The maximum absolute atomic E-state index is 13.2. The van der Waals surface area contributed by atoms with E-state index in [2.05, 4.69) is 15.9 Å². The van der Waals surface area contributed by atoms with Gasteiger partial charge in [-0.05, 0) is 48.9 Å². The molecule has 1 atom stereocenters. The maximum Gasteiger partial charge on any atom is 0.335 e. The van der Waals surface area contributed by atoms with E-state index in [1.54, 1.807) is 31.2 Å². The molecule has 0 saturated carbocycles. The molecule has 0 bridgehead atoms. The normalized spacial score (nSPS) is 17.6. The molecule has 5 nitrogen and oxygen atoms in total. The molecule has 0 spiro atoms. The van der Waals surface area contributed by atoms with E-state index in [1.807, 2.05) is 6.07 Å². The SMILES string of the molecule is CCOC(=O)C1=CCN(S(=O)(=O)c2ccc(F)cc2)C1c1cccc(Br)c1. The van der Waals surface area contributed by atoms with Crippen LogP contribution in [0.3, 0.4) is 0 Å². The van der Waals surface area contributed by atoms with Gasteiger partial charge in [0.2, 0.25) is 10.0 Å². The molecule has 2 aromatic carbocycles. The molecule has 27 heavy (non-hydrogen) atoms. The molecule has 2 aromatic rings. The largest absolute Gasteiger partial charge is 0.463 e. The molecule has 8 heteroatoms. The molecule has 1 unspecified atom stereocenters. The second-order valence-electron chi connectivity index (χ2n) is 5.87. The van der Waals surface area contributed by atoms with Gasteiger partial charge in [-0.1, -0.05) is 34.1 Å². The number of nitrogens with zero attached hydrogens (tertiary/aromatic N) is 1. The van der Waals surface area contributed by atoms with E-state index in [-0.39, 0.29) is 23.6 Å². The van der Waals surface area contributed by atoms with Crippen LogP contribution < -0.4 is 0 Å². The van der Waals surface area contributed by atoms with Crippen molar-refractivity contribution in [1.82, 2.24) is 4.31 Å². The summed E-state index contributed by atoms with van der Waals surface area (Å²) in [5, 5.41) is 0. The van der Waals surface area contributed by atoms with Gasteiger partial charge in [-0.15, -0.1) is 0 Å². The molecule has 142 valence electrons. The zero-order valence-corrected chi connectivity index (χ0v) is 16.8. The van der Waals surface area contributed by atoms with Crippen LogP contribution in [0.1, 0.15) is 18.5 Å². The number of esters is 1. The highest BCUT2D eigenvalue weighted by Crippen LogP contribution is 2.38. The minimum Gasteiger partial charge on any atom is -0.463 e. The minimum atomic E-state index is -3.96. The van der Waals surface area contributed by atoms with Crippen molar-refractivity contribution in [3.05, 3.63) is 76.0 Å². The molecule has 0 N–H and O–H groups in total. The summed E-state index contributed by atoms with van der Waals surface area (Å²) in [5.74, 6) is -1.08. The Labute approximate surface area is 165 Å². The quantitative estimate of drug-likeness (QED) is 0.645. The lowest BCUT2D eigenvalue weighted by molar-refractivity contribution is -0.138. The van der Waals surface area contributed by atoms with Crippen molar-refractivity contribution in [3.63, 3.8) is 0 Å². The van der Waals surface area contributed by atoms with Crippen molar-refractivity contribution in [3.8, 4) is 0 Å². The first-order valence-corrected chi connectivity index (χ1v) is 10.5. The number of rotatable bonds is 5. The van der Waals surface area contributed by atoms with Crippen molar-refractivity contribution in [2.75, 3.05) is 13.2 Å². The standard InChI is InChI=1S/C19H17BrFNO4S/c1-2-26-19(23)17-10-11-22(18(17)13-4-3-5-14(20)12-13)27(24,25)16-8-6-15(21)7-9-16/h3-10,12,18H,2,11H2,1H3. The zero-order valence-electron chi connectivity index (χ0n) is 14.4. The Balaban J connectivity index is 2.06. The summed E-state index contributed by atoms with van der Waals surface area (Å²) in [5.41, 5.74) is 0.896. The van der Waals surface area contributed by atoms with Crippen LogP contribution in [0.25, 0.3) is 0 Å². The van der Waals surface area contributed by atoms with Crippen molar-refractivity contribution in [2.45, 2.75) is 17.9 Å². The molecule has 1 aliphatic heterocycles. The average molecular weight is 454 g/mol. The summed E-state index contributed by atoms with van der Waals surface area (Å²) in [7, 11) is -3.96. The van der Waals surface area contributed by atoms with Crippen LogP contribution in [0.5, 0.6) is 0 Å². The molecule has 0 aliphatic carbocycles. The molecular formula is C19H17BrFNO4S. The van der Waals surface area contributed by atoms with E-state index < -0.39 is 27.9 Å². The average Bonchev–Trinajstić information content (AvgIpc) is 3.08. The third-order valence-corrected chi connectivity index (χ3v) is 6.51. The van der Waals surface area contributed by atoms with Gasteiger partial charge in [-0.2, -0.15) is 4.31 Å². The molecular weight excluding hydrogens is 437 g/mol. The summed E-state index contributed by atoms with van der Waals surface area (Å²) >= 11 is 3.37. The number of halogens is 2. The fourth-order valence-corrected chi connectivity index (χ4v) is 4.92. The van der Waals surface area contributed by atoms with Crippen molar-refractivity contribution in [1.29, 1.82) is 0 Å². The number of hydrogen-bond acceptors (Lipinski definition) is 4. The highest BCUT2D eigenvalue weighted by molar-refractivity contribution is 9.10. The first-order valence-electron chi connectivity index (χ1n) is 8.24. The zero-order chi connectivity index (χ0) is 19.6. The predicted molar refractivity (Wildman–Crippen MR) is 102 cm³/mol. The van der Waals surface area contributed by atoms with E-state index in [9.17, 15) is 17.6 Å². The maximum atomic E-state index is 13.2. The van der Waals surface area contributed by atoms with E-state index in [0.29, 0.717) is 5.56 Å². The smallest absolute Gasteiger partial charge is 0.335 e. The van der Waals surface area contributed by atoms with Gasteiger partial charge in [-0.25, -0.2) is 17.6 Å². The molecule has 3 rings (SSSR count). The monoisotopic (exact) mass is 453 g/mol. The van der Waals surface area contributed by atoms with Gasteiger partial charge in [0, 0.05) is 11.0 Å². The number of ether oxygens (including phenoxy) is 1. The Morgan fingerprint density at radius 3 is 2.59 bits per heavy atom. The highest BCUT2D eigenvalue weighted by atomic mass is 79.9. The second kappa shape index (κ2) is 7.92. The molecule has 0 saturated heterocycles. The van der Waals surface area contributed by atoms with Gasteiger partial charge >= 0.3 is 5.97 Å². The highest BCUT2D eigenvalue weighted by Gasteiger charge is 2.41. The molecule has 1 heterocycles. The van der Waals surface area contributed by atoms with Crippen molar-refractivity contribution >= 4 is 31.9 Å². The van der Waals surface area contributed by atoms with Crippen LogP contribution >= 0.6 is 15.9 Å². The van der Waals surface area contributed by atoms with Crippen molar-refractivity contribution in [2.24, 2.45) is 0 Å². The molecule has 1 aliphatic rings. The van der Waals surface area contributed by atoms with Gasteiger partial charge in [0.25, 0.3) is 0 Å². The van der Waals surface area contributed by atoms with Crippen LogP contribution in [0.15, 0.2) is 69.5 Å². The second-order valence-corrected chi connectivity index (χ2v) is 8.67. The third kappa shape index (κ3) is 3.97. The lowest BCUT2D eigenvalue weighted by atomic mass is 10.0. The lowest BCUT2D eigenvalue weighted by Crippen LogP contribution is -2.33. The Hall–Kier alpha value is -2.03. The van der Waals surface area contributed by atoms with E-state index >= 15 is 0 Å². The third-order valence-electron chi connectivity index (χ3n) is 4.17. The first-order chi connectivity index (χ1) is 12.8. The number of carbonyl (C=O) groups is 1. The molecule has 0 aromatic heterocycles. The summed E-state index contributed by atoms with van der Waals surface area (Å²) in [6.07, 6.45) is 1.56. The van der Waals surface area contributed by atoms with Crippen LogP contribution in [-0.4, -0.2) is 31.8 Å². The fourth-order valence-electron chi connectivity index (χ4n) is 2.97. The minimum absolute atomic E-state index is 0.0189. The molecule has 0 amide bonds. The van der Waals surface area contributed by atoms with E-state index in [4.69, 9.17) is 4.74 Å². The Morgan fingerprint density at radius 1 is 1.26 bits per heavy atom. The fraction of sp³-hybridized carbons (Fsp3) is 0.211. The topological polar surface area (TPSA) is 63.7 Å². The van der Waals surface area contributed by atoms with Crippen LogP contribution in [0, 0.1) is 5.82 Å². The predicted octanol–water partition coefficient (Wildman–Crippen LogP) is 3.82. The lowest BCUT2D eigenvalue weighted by Gasteiger charge is -2.26. The van der Waals surface area contributed by atoms with Gasteiger partial charge in [0.05, 0.1) is 23.1 Å². The summed E-state index contributed by atoms with van der Waals surface area (Å²) in [4.78, 5) is 12.4. The number of sulfonamides is 1. The van der Waals surface area contributed by atoms with Gasteiger partial charge in [0.15, 0.2) is 0 Å². The molecule has 0 fully saturated rings. The van der Waals surface area contributed by atoms with E-state index in [1.165, 1.54) is 16.4 Å².